The molecule has 0 aromatic heterocycles. The molecule has 0 aliphatic carbocycles. The van der Waals surface area contributed by atoms with Gasteiger partial charge in [-0.05, 0) is 42.0 Å². The molecule has 0 atom stereocenters. The van der Waals surface area contributed by atoms with Gasteiger partial charge in [0.2, 0.25) is 0 Å². The first-order valence-corrected chi connectivity index (χ1v) is 7.94. The van der Waals surface area contributed by atoms with E-state index in [1.165, 1.54) is 11.8 Å². The highest BCUT2D eigenvalue weighted by atomic mass is 32.2. The van der Waals surface area contributed by atoms with Gasteiger partial charge < -0.3 is 10.2 Å². The fraction of sp³-hybridized carbons (Fsp3) is 0.375. The van der Waals surface area contributed by atoms with Gasteiger partial charge in [-0.2, -0.15) is 0 Å². The van der Waals surface area contributed by atoms with E-state index in [-0.39, 0.29) is 5.91 Å². The molecule has 21 heavy (non-hydrogen) atoms. The summed E-state index contributed by atoms with van der Waals surface area (Å²) in [5, 5.41) is 3.52. The molecule has 1 amide bonds. The molecular formula is C16H21N3OS. The summed E-state index contributed by atoms with van der Waals surface area (Å²) in [6, 6.07) is 8.12. The molecule has 1 fully saturated rings. The van der Waals surface area contributed by atoms with Gasteiger partial charge in [-0.25, -0.2) is 0 Å². The number of nitrogens with zero attached hydrogens (tertiary/aromatic N) is 2. The summed E-state index contributed by atoms with van der Waals surface area (Å²) in [6.07, 6.45) is 4.06. The monoisotopic (exact) mass is 303 g/mol. The van der Waals surface area contributed by atoms with Crippen molar-refractivity contribution in [1.29, 1.82) is 0 Å². The molecule has 1 heterocycles. The van der Waals surface area contributed by atoms with E-state index in [9.17, 15) is 4.79 Å². The van der Waals surface area contributed by atoms with Crippen molar-refractivity contribution in [3.63, 3.8) is 0 Å². The number of amides is 1. The average Bonchev–Trinajstić information content (AvgIpc) is 2.80. The smallest absolute Gasteiger partial charge is 0.264 e. The number of hydrogen-bond donors (Lipinski definition) is 1. The largest absolute Gasteiger partial charge is 0.378 e. The molecule has 4 nitrogen and oxygen atoms in total. The van der Waals surface area contributed by atoms with E-state index in [1.54, 1.807) is 0 Å². The zero-order valence-electron chi connectivity index (χ0n) is 12.7. The lowest BCUT2D eigenvalue weighted by atomic mass is 10.2. The number of amidine groups is 1. The Kier molecular flexibility index (Phi) is 5.44. The number of benzene rings is 1. The predicted octanol–water partition coefficient (Wildman–Crippen LogP) is 3.11. The molecule has 2 rings (SSSR count). The standard InChI is InChI=1S/C16H21N3OS/c1-4-5-10-17-16-18-15(20)14(21-16)11-12-6-8-13(9-7-12)19(2)3/h6-9,11H,4-5,10H2,1-3H3,(H,17,18,20)/b14-11-. The SMILES string of the molecule is CCCCN=C1NC(=O)/C(=C/c2ccc(N(C)C)cc2)S1. The molecule has 1 aromatic carbocycles. The number of rotatable bonds is 5. The molecule has 1 saturated heterocycles. The maximum Gasteiger partial charge on any atom is 0.264 e. The number of aliphatic imine (C=N–C) groups is 1. The molecule has 1 aliphatic heterocycles. The lowest BCUT2D eigenvalue weighted by Crippen LogP contribution is -2.19. The Morgan fingerprint density at radius 2 is 2.00 bits per heavy atom. The quantitative estimate of drug-likeness (QED) is 0.671. The third-order valence-corrected chi connectivity index (χ3v) is 4.07. The van der Waals surface area contributed by atoms with Crippen LogP contribution in [0, 0.1) is 0 Å². The Balaban J connectivity index is 2.07. The van der Waals surface area contributed by atoms with Gasteiger partial charge in [-0.3, -0.25) is 9.79 Å². The predicted molar refractivity (Wildman–Crippen MR) is 91.7 cm³/mol. The molecule has 1 N–H and O–H groups in total. The normalized spacial score (nSPS) is 18.3. The van der Waals surface area contributed by atoms with Gasteiger partial charge in [-0.15, -0.1) is 0 Å². The molecular weight excluding hydrogens is 282 g/mol. The van der Waals surface area contributed by atoms with Crippen LogP contribution in [-0.4, -0.2) is 31.7 Å². The van der Waals surface area contributed by atoms with E-state index in [2.05, 4.69) is 17.2 Å². The number of nitrogens with one attached hydrogen (secondary N) is 1. The topological polar surface area (TPSA) is 44.7 Å². The first-order chi connectivity index (χ1) is 10.1. The number of carbonyl (C=O) groups excluding carboxylic acids is 1. The van der Waals surface area contributed by atoms with Crippen LogP contribution in [0.15, 0.2) is 34.2 Å². The molecule has 1 aromatic rings. The highest BCUT2D eigenvalue weighted by molar-refractivity contribution is 8.18. The summed E-state index contributed by atoms with van der Waals surface area (Å²) in [5.41, 5.74) is 2.16. The zero-order chi connectivity index (χ0) is 15.2. The van der Waals surface area contributed by atoms with Gasteiger partial charge in [-0.1, -0.05) is 25.5 Å². The summed E-state index contributed by atoms with van der Waals surface area (Å²) in [4.78, 5) is 19.0. The molecule has 0 unspecified atom stereocenters. The average molecular weight is 303 g/mol. The second-order valence-corrected chi connectivity index (χ2v) is 6.12. The third kappa shape index (κ3) is 4.36. The van der Waals surface area contributed by atoms with Crippen molar-refractivity contribution in [1.82, 2.24) is 5.32 Å². The Morgan fingerprint density at radius 3 is 2.62 bits per heavy atom. The van der Waals surface area contributed by atoms with Crippen LogP contribution in [0.5, 0.6) is 0 Å². The van der Waals surface area contributed by atoms with Crippen molar-refractivity contribution in [3.8, 4) is 0 Å². The fourth-order valence-corrected chi connectivity index (χ4v) is 2.71. The van der Waals surface area contributed by atoms with Crippen LogP contribution in [0.2, 0.25) is 0 Å². The molecule has 0 spiro atoms. The van der Waals surface area contributed by atoms with Crippen molar-refractivity contribution < 1.29 is 4.79 Å². The molecule has 0 radical (unpaired) electrons. The minimum Gasteiger partial charge on any atom is -0.378 e. The summed E-state index contributed by atoms with van der Waals surface area (Å²) < 4.78 is 0. The van der Waals surface area contributed by atoms with E-state index in [0.717, 1.165) is 30.6 Å². The maximum atomic E-state index is 11.9. The summed E-state index contributed by atoms with van der Waals surface area (Å²) in [6.45, 7) is 2.90. The van der Waals surface area contributed by atoms with Gasteiger partial charge in [0.15, 0.2) is 5.17 Å². The van der Waals surface area contributed by atoms with Gasteiger partial charge >= 0.3 is 0 Å². The van der Waals surface area contributed by atoms with Crippen LogP contribution >= 0.6 is 11.8 Å². The van der Waals surface area contributed by atoms with Crippen molar-refractivity contribution in [2.24, 2.45) is 4.99 Å². The Bertz CT molecular complexity index is 561. The molecule has 112 valence electrons. The minimum atomic E-state index is -0.0630. The van der Waals surface area contributed by atoms with E-state index < -0.39 is 0 Å². The van der Waals surface area contributed by atoms with Crippen molar-refractivity contribution in [3.05, 3.63) is 34.7 Å². The van der Waals surface area contributed by atoms with Crippen molar-refractivity contribution >= 4 is 34.6 Å². The molecule has 5 heteroatoms. The maximum absolute atomic E-state index is 11.9. The summed E-state index contributed by atoms with van der Waals surface area (Å²) >= 11 is 1.41. The Morgan fingerprint density at radius 1 is 1.29 bits per heavy atom. The molecule has 0 bridgehead atoms. The third-order valence-electron chi connectivity index (χ3n) is 3.13. The van der Waals surface area contributed by atoms with Gasteiger partial charge in [0.05, 0.1) is 4.91 Å². The van der Waals surface area contributed by atoms with Crippen LogP contribution in [0.3, 0.4) is 0 Å². The minimum absolute atomic E-state index is 0.0630. The van der Waals surface area contributed by atoms with E-state index in [4.69, 9.17) is 0 Å². The van der Waals surface area contributed by atoms with Crippen LogP contribution in [0.1, 0.15) is 25.3 Å². The molecule has 1 aliphatic rings. The van der Waals surface area contributed by atoms with Crippen molar-refractivity contribution in [2.45, 2.75) is 19.8 Å². The van der Waals surface area contributed by atoms with Gasteiger partial charge in [0, 0.05) is 26.3 Å². The number of thioether (sulfide) groups is 1. The van der Waals surface area contributed by atoms with E-state index in [0.29, 0.717) is 10.1 Å². The fourth-order valence-electron chi connectivity index (χ4n) is 1.86. The number of unbranched alkanes of at least 4 members (excludes halogenated alkanes) is 1. The first kappa shape index (κ1) is 15.6. The lowest BCUT2D eigenvalue weighted by molar-refractivity contribution is -0.115. The highest BCUT2D eigenvalue weighted by Crippen LogP contribution is 2.26. The number of hydrogen-bond acceptors (Lipinski definition) is 4. The van der Waals surface area contributed by atoms with Gasteiger partial charge in [0.1, 0.15) is 0 Å². The molecule has 0 saturated carbocycles. The van der Waals surface area contributed by atoms with E-state index >= 15 is 0 Å². The number of carbonyl (C=O) groups is 1. The second kappa shape index (κ2) is 7.31. The Hall–Kier alpha value is -1.75. The first-order valence-electron chi connectivity index (χ1n) is 7.13. The van der Waals surface area contributed by atoms with E-state index in [1.807, 2.05) is 49.3 Å². The zero-order valence-corrected chi connectivity index (χ0v) is 13.5. The summed E-state index contributed by atoms with van der Waals surface area (Å²) in [5.74, 6) is -0.0630. The lowest BCUT2D eigenvalue weighted by Gasteiger charge is -2.11. The van der Waals surface area contributed by atoms with Crippen LogP contribution in [0.4, 0.5) is 5.69 Å². The van der Waals surface area contributed by atoms with Crippen LogP contribution in [-0.2, 0) is 4.79 Å². The van der Waals surface area contributed by atoms with Crippen molar-refractivity contribution in [2.75, 3.05) is 25.5 Å². The number of anilines is 1. The summed E-state index contributed by atoms with van der Waals surface area (Å²) in [7, 11) is 4.01. The van der Waals surface area contributed by atoms with Crippen LogP contribution < -0.4 is 10.2 Å². The highest BCUT2D eigenvalue weighted by Gasteiger charge is 2.23. The second-order valence-electron chi connectivity index (χ2n) is 5.09. The van der Waals surface area contributed by atoms with Gasteiger partial charge in [0.25, 0.3) is 5.91 Å². The van der Waals surface area contributed by atoms with Crippen LogP contribution in [0.25, 0.3) is 6.08 Å². The Labute approximate surface area is 130 Å².